The fourth-order valence-corrected chi connectivity index (χ4v) is 2.92. The van der Waals surface area contributed by atoms with Crippen molar-refractivity contribution >= 4 is 11.8 Å². The van der Waals surface area contributed by atoms with Gasteiger partial charge in [0.05, 0.1) is 0 Å². The second-order valence-electron chi connectivity index (χ2n) is 4.16. The summed E-state index contributed by atoms with van der Waals surface area (Å²) >= 11 is 2.02. The predicted octanol–water partition coefficient (Wildman–Crippen LogP) is 1.62. The van der Waals surface area contributed by atoms with E-state index in [0.29, 0.717) is 18.6 Å². The van der Waals surface area contributed by atoms with Crippen LogP contribution in [0.1, 0.15) is 32.6 Å². The molecule has 0 aromatic heterocycles. The highest BCUT2D eigenvalue weighted by Crippen LogP contribution is 2.28. The zero-order valence-electron chi connectivity index (χ0n) is 8.41. The van der Waals surface area contributed by atoms with E-state index in [9.17, 15) is 0 Å². The lowest BCUT2D eigenvalue weighted by Gasteiger charge is -2.26. The van der Waals surface area contributed by atoms with Crippen molar-refractivity contribution in [2.45, 2.75) is 43.9 Å². The van der Waals surface area contributed by atoms with Crippen molar-refractivity contribution in [3.63, 3.8) is 0 Å². The van der Waals surface area contributed by atoms with Gasteiger partial charge >= 0.3 is 0 Å². The quantitative estimate of drug-likeness (QED) is 0.730. The van der Waals surface area contributed by atoms with Crippen LogP contribution >= 0.6 is 11.8 Å². The van der Waals surface area contributed by atoms with Crippen molar-refractivity contribution in [3.8, 4) is 0 Å². The molecule has 0 saturated heterocycles. The summed E-state index contributed by atoms with van der Waals surface area (Å²) in [5.41, 5.74) is 5.83. The standard InChI is InChI=1S/C10H21NOS/c1-8(6-12)7-13-10-4-2-9(11)3-5-10/h8-10,12H,2-7,11H2,1H3. The zero-order chi connectivity index (χ0) is 9.68. The highest BCUT2D eigenvalue weighted by atomic mass is 32.2. The molecule has 1 aliphatic carbocycles. The van der Waals surface area contributed by atoms with Crippen LogP contribution in [0.5, 0.6) is 0 Å². The van der Waals surface area contributed by atoms with Gasteiger partial charge in [0.1, 0.15) is 0 Å². The normalized spacial score (nSPS) is 31.6. The van der Waals surface area contributed by atoms with E-state index >= 15 is 0 Å². The number of thioether (sulfide) groups is 1. The minimum atomic E-state index is 0.319. The first-order valence-electron chi connectivity index (χ1n) is 5.20. The third-order valence-electron chi connectivity index (χ3n) is 2.65. The molecule has 1 atom stereocenters. The highest BCUT2D eigenvalue weighted by molar-refractivity contribution is 7.99. The van der Waals surface area contributed by atoms with Crippen molar-refractivity contribution in [1.29, 1.82) is 0 Å². The molecule has 78 valence electrons. The summed E-state index contributed by atoms with van der Waals surface area (Å²) in [5.74, 6) is 1.54. The van der Waals surface area contributed by atoms with Crippen LogP contribution in [0.15, 0.2) is 0 Å². The van der Waals surface area contributed by atoms with E-state index in [4.69, 9.17) is 10.8 Å². The van der Waals surface area contributed by atoms with Gasteiger partial charge in [0, 0.05) is 17.9 Å². The molecule has 1 aliphatic rings. The molecule has 0 aromatic rings. The molecule has 1 rings (SSSR count). The maximum atomic E-state index is 8.87. The van der Waals surface area contributed by atoms with Gasteiger partial charge in [-0.05, 0) is 37.4 Å². The molecule has 1 fully saturated rings. The van der Waals surface area contributed by atoms with Crippen molar-refractivity contribution in [1.82, 2.24) is 0 Å². The largest absolute Gasteiger partial charge is 0.396 e. The van der Waals surface area contributed by atoms with Gasteiger partial charge in [-0.15, -0.1) is 0 Å². The molecule has 0 bridgehead atoms. The summed E-state index contributed by atoms with van der Waals surface area (Å²) in [6.07, 6.45) is 4.91. The molecule has 3 heteroatoms. The molecule has 0 aliphatic heterocycles. The summed E-state index contributed by atoms with van der Waals surface area (Å²) in [5, 5.41) is 9.67. The number of aliphatic hydroxyl groups excluding tert-OH is 1. The van der Waals surface area contributed by atoms with Crippen LogP contribution in [0, 0.1) is 5.92 Å². The fraction of sp³-hybridized carbons (Fsp3) is 1.00. The van der Waals surface area contributed by atoms with E-state index in [1.807, 2.05) is 11.8 Å². The monoisotopic (exact) mass is 203 g/mol. The van der Waals surface area contributed by atoms with Gasteiger partial charge < -0.3 is 10.8 Å². The Hall–Kier alpha value is 0.270. The molecular weight excluding hydrogens is 182 g/mol. The Balaban J connectivity index is 2.08. The van der Waals surface area contributed by atoms with Gasteiger partial charge in [0.15, 0.2) is 0 Å². The zero-order valence-corrected chi connectivity index (χ0v) is 9.22. The Labute approximate surface area is 85.3 Å². The maximum absolute atomic E-state index is 8.87. The lowest BCUT2D eigenvalue weighted by atomic mass is 9.96. The lowest BCUT2D eigenvalue weighted by molar-refractivity contribution is 0.250. The van der Waals surface area contributed by atoms with E-state index < -0.39 is 0 Å². The molecule has 0 spiro atoms. The van der Waals surface area contributed by atoms with E-state index in [0.717, 1.165) is 11.0 Å². The third kappa shape index (κ3) is 4.34. The van der Waals surface area contributed by atoms with Crippen LogP contribution in [0.2, 0.25) is 0 Å². The van der Waals surface area contributed by atoms with Crippen molar-refractivity contribution in [2.75, 3.05) is 12.4 Å². The van der Waals surface area contributed by atoms with Crippen LogP contribution in [0.4, 0.5) is 0 Å². The maximum Gasteiger partial charge on any atom is 0.0464 e. The lowest BCUT2D eigenvalue weighted by Crippen LogP contribution is -2.28. The highest BCUT2D eigenvalue weighted by Gasteiger charge is 2.19. The van der Waals surface area contributed by atoms with Crippen molar-refractivity contribution < 1.29 is 5.11 Å². The second-order valence-corrected chi connectivity index (χ2v) is 5.49. The van der Waals surface area contributed by atoms with Gasteiger partial charge in [-0.3, -0.25) is 0 Å². The molecule has 1 saturated carbocycles. The van der Waals surface area contributed by atoms with Gasteiger partial charge in [-0.2, -0.15) is 11.8 Å². The first kappa shape index (κ1) is 11.3. The fourth-order valence-electron chi connectivity index (χ4n) is 1.61. The molecule has 0 heterocycles. The van der Waals surface area contributed by atoms with Crippen LogP contribution in [-0.2, 0) is 0 Å². The molecule has 2 nitrogen and oxygen atoms in total. The van der Waals surface area contributed by atoms with Crippen LogP contribution in [0.3, 0.4) is 0 Å². The first-order valence-corrected chi connectivity index (χ1v) is 6.25. The average molecular weight is 203 g/mol. The Morgan fingerprint density at radius 1 is 1.38 bits per heavy atom. The summed E-state index contributed by atoms with van der Waals surface area (Å²) in [6, 6.07) is 0.451. The molecule has 13 heavy (non-hydrogen) atoms. The van der Waals surface area contributed by atoms with Gasteiger partial charge in [-0.1, -0.05) is 6.92 Å². The molecule has 0 amide bonds. The van der Waals surface area contributed by atoms with Crippen LogP contribution in [0.25, 0.3) is 0 Å². The van der Waals surface area contributed by atoms with Crippen molar-refractivity contribution in [2.24, 2.45) is 11.7 Å². The number of rotatable bonds is 4. The topological polar surface area (TPSA) is 46.2 Å². The van der Waals surface area contributed by atoms with E-state index in [1.54, 1.807) is 0 Å². The Kier molecular flexibility index (Phi) is 5.14. The number of hydrogen-bond donors (Lipinski definition) is 2. The summed E-state index contributed by atoms with van der Waals surface area (Å²) < 4.78 is 0. The van der Waals surface area contributed by atoms with Gasteiger partial charge in [-0.25, -0.2) is 0 Å². The first-order chi connectivity index (χ1) is 6.22. The summed E-state index contributed by atoms with van der Waals surface area (Å²) in [4.78, 5) is 0. The van der Waals surface area contributed by atoms with E-state index in [1.165, 1.54) is 25.7 Å². The van der Waals surface area contributed by atoms with Crippen molar-refractivity contribution in [3.05, 3.63) is 0 Å². The second kappa shape index (κ2) is 5.89. The molecular formula is C10H21NOS. The predicted molar refractivity (Wildman–Crippen MR) is 58.9 cm³/mol. The third-order valence-corrected chi connectivity index (χ3v) is 4.35. The molecule has 0 aromatic carbocycles. The van der Waals surface area contributed by atoms with Crippen LogP contribution in [-0.4, -0.2) is 28.8 Å². The number of nitrogens with two attached hydrogens (primary N) is 1. The molecule has 1 unspecified atom stereocenters. The summed E-state index contributed by atoms with van der Waals surface area (Å²) in [6.45, 7) is 2.42. The number of hydrogen-bond acceptors (Lipinski definition) is 3. The molecule has 3 N–H and O–H groups in total. The van der Waals surface area contributed by atoms with Crippen LogP contribution < -0.4 is 5.73 Å². The van der Waals surface area contributed by atoms with E-state index in [-0.39, 0.29) is 0 Å². The Morgan fingerprint density at radius 2 is 2.00 bits per heavy atom. The Morgan fingerprint density at radius 3 is 2.54 bits per heavy atom. The number of aliphatic hydroxyl groups is 1. The minimum Gasteiger partial charge on any atom is -0.396 e. The van der Waals surface area contributed by atoms with Gasteiger partial charge in [0.25, 0.3) is 0 Å². The minimum absolute atomic E-state index is 0.319. The molecule has 0 radical (unpaired) electrons. The smallest absolute Gasteiger partial charge is 0.0464 e. The van der Waals surface area contributed by atoms with Gasteiger partial charge in [0.2, 0.25) is 0 Å². The SMILES string of the molecule is CC(CO)CSC1CCC(N)CC1. The Bertz CT molecular complexity index is 135. The average Bonchev–Trinajstić information content (AvgIpc) is 2.16. The summed E-state index contributed by atoms with van der Waals surface area (Å²) in [7, 11) is 0. The van der Waals surface area contributed by atoms with E-state index in [2.05, 4.69) is 6.92 Å².